The Kier molecular flexibility index (Phi) is 3.45. The fraction of sp³-hybridized carbons (Fsp3) is 0.0909. The number of aromatic nitrogens is 1. The van der Waals surface area contributed by atoms with E-state index in [-0.39, 0.29) is 0 Å². The van der Waals surface area contributed by atoms with E-state index < -0.39 is 0 Å². The molecule has 0 saturated carbocycles. The lowest BCUT2D eigenvalue weighted by Crippen LogP contribution is -1.79. The Morgan fingerprint density at radius 1 is 1.31 bits per heavy atom. The number of hydrogen-bond donors (Lipinski definition) is 0. The molecule has 1 heterocycles. The van der Waals surface area contributed by atoms with Gasteiger partial charge in [-0.25, -0.2) is 4.98 Å². The standard InChI is InChI=1S/C11H6Cl2N2S/c12-8-2-1-3-9(13)10(8)11-15-6-7(16-11)4-5-14/h1-3,6H,4H2. The highest BCUT2D eigenvalue weighted by molar-refractivity contribution is 7.15. The van der Waals surface area contributed by atoms with Gasteiger partial charge in [0.2, 0.25) is 0 Å². The van der Waals surface area contributed by atoms with Crippen LogP contribution in [0.3, 0.4) is 0 Å². The zero-order valence-electron chi connectivity index (χ0n) is 8.08. The summed E-state index contributed by atoms with van der Waals surface area (Å²) in [4.78, 5) is 5.14. The molecule has 0 bridgehead atoms. The molecule has 0 unspecified atom stereocenters. The quantitative estimate of drug-likeness (QED) is 0.819. The zero-order valence-corrected chi connectivity index (χ0v) is 10.4. The lowest BCUT2D eigenvalue weighted by molar-refractivity contribution is 1.28. The van der Waals surface area contributed by atoms with E-state index in [0.717, 1.165) is 15.4 Å². The molecule has 0 aliphatic carbocycles. The lowest BCUT2D eigenvalue weighted by atomic mass is 10.2. The highest BCUT2D eigenvalue weighted by Crippen LogP contribution is 2.36. The maximum atomic E-state index is 8.59. The molecule has 2 nitrogen and oxygen atoms in total. The predicted molar refractivity (Wildman–Crippen MR) is 66.9 cm³/mol. The second kappa shape index (κ2) is 4.84. The first-order valence-electron chi connectivity index (χ1n) is 4.48. The van der Waals surface area contributed by atoms with Crippen molar-refractivity contribution in [3.8, 4) is 16.6 Å². The Balaban J connectivity index is 2.47. The fourth-order valence-corrected chi connectivity index (χ4v) is 2.89. The molecular weight excluding hydrogens is 263 g/mol. The molecule has 0 radical (unpaired) electrons. The SMILES string of the molecule is N#CCc1cnc(-c2c(Cl)cccc2Cl)s1. The van der Waals surface area contributed by atoms with Crippen LogP contribution in [0.25, 0.3) is 10.6 Å². The molecule has 5 heteroatoms. The van der Waals surface area contributed by atoms with Gasteiger partial charge >= 0.3 is 0 Å². The molecule has 0 fully saturated rings. The van der Waals surface area contributed by atoms with Gasteiger partial charge in [0.15, 0.2) is 0 Å². The van der Waals surface area contributed by atoms with Crippen LogP contribution in [0.1, 0.15) is 4.88 Å². The van der Waals surface area contributed by atoms with E-state index >= 15 is 0 Å². The highest BCUT2D eigenvalue weighted by Gasteiger charge is 2.12. The average Bonchev–Trinajstić information content (AvgIpc) is 2.67. The molecule has 0 aliphatic heterocycles. The van der Waals surface area contributed by atoms with E-state index in [9.17, 15) is 0 Å². The summed E-state index contributed by atoms with van der Waals surface area (Å²) < 4.78 is 0. The van der Waals surface area contributed by atoms with E-state index in [4.69, 9.17) is 28.5 Å². The summed E-state index contributed by atoms with van der Waals surface area (Å²) in [5, 5.41) is 10.5. The van der Waals surface area contributed by atoms with Gasteiger partial charge in [0.1, 0.15) is 5.01 Å². The topological polar surface area (TPSA) is 36.7 Å². The van der Waals surface area contributed by atoms with Gasteiger partial charge in [-0.2, -0.15) is 5.26 Å². The summed E-state index contributed by atoms with van der Waals surface area (Å²) in [5.41, 5.74) is 0.736. The number of nitriles is 1. The minimum atomic E-state index is 0.361. The molecule has 1 aromatic carbocycles. The lowest BCUT2D eigenvalue weighted by Gasteiger charge is -2.01. The van der Waals surface area contributed by atoms with Crippen LogP contribution in [0.5, 0.6) is 0 Å². The summed E-state index contributed by atoms with van der Waals surface area (Å²) in [7, 11) is 0. The van der Waals surface area contributed by atoms with E-state index in [1.54, 1.807) is 24.4 Å². The molecule has 0 spiro atoms. The Hall–Kier alpha value is -1.08. The van der Waals surface area contributed by atoms with Crippen LogP contribution in [0, 0.1) is 11.3 Å². The third kappa shape index (κ3) is 2.19. The van der Waals surface area contributed by atoms with Gasteiger partial charge in [0.25, 0.3) is 0 Å². The molecule has 0 amide bonds. The van der Waals surface area contributed by atoms with E-state index in [2.05, 4.69) is 11.1 Å². The van der Waals surface area contributed by atoms with E-state index in [0.29, 0.717) is 16.5 Å². The molecule has 80 valence electrons. The first-order chi connectivity index (χ1) is 7.72. The number of nitrogens with zero attached hydrogens (tertiary/aromatic N) is 2. The van der Waals surface area contributed by atoms with Gasteiger partial charge in [-0.1, -0.05) is 29.3 Å². The molecular formula is C11H6Cl2N2S. The van der Waals surface area contributed by atoms with Crippen LogP contribution < -0.4 is 0 Å². The van der Waals surface area contributed by atoms with Crippen molar-refractivity contribution in [3.63, 3.8) is 0 Å². The average molecular weight is 269 g/mol. The van der Waals surface area contributed by atoms with Crippen molar-refractivity contribution in [1.82, 2.24) is 4.98 Å². The zero-order chi connectivity index (χ0) is 11.5. The van der Waals surface area contributed by atoms with Crippen LogP contribution in [0.15, 0.2) is 24.4 Å². The highest BCUT2D eigenvalue weighted by atomic mass is 35.5. The Morgan fingerprint density at radius 2 is 2.00 bits per heavy atom. The molecule has 0 atom stereocenters. The summed E-state index contributed by atoms with van der Waals surface area (Å²) in [5.74, 6) is 0. The Morgan fingerprint density at radius 3 is 2.62 bits per heavy atom. The molecule has 0 aliphatic rings. The van der Waals surface area contributed by atoms with Gasteiger partial charge in [0.05, 0.1) is 22.5 Å². The van der Waals surface area contributed by atoms with Crippen molar-refractivity contribution in [2.75, 3.05) is 0 Å². The summed E-state index contributed by atoms with van der Waals surface area (Å²) in [6.07, 6.45) is 2.04. The fourth-order valence-electron chi connectivity index (χ4n) is 1.28. The smallest absolute Gasteiger partial charge is 0.126 e. The number of benzene rings is 1. The molecule has 0 saturated heterocycles. The van der Waals surface area contributed by atoms with Crippen molar-refractivity contribution in [2.24, 2.45) is 0 Å². The molecule has 1 aromatic heterocycles. The van der Waals surface area contributed by atoms with Crippen molar-refractivity contribution in [2.45, 2.75) is 6.42 Å². The van der Waals surface area contributed by atoms with Gasteiger partial charge in [0, 0.05) is 16.6 Å². The monoisotopic (exact) mass is 268 g/mol. The molecule has 2 rings (SSSR count). The first-order valence-corrected chi connectivity index (χ1v) is 6.05. The maximum Gasteiger partial charge on any atom is 0.126 e. The normalized spacial score (nSPS) is 10.1. The number of thiazole rings is 1. The van der Waals surface area contributed by atoms with Crippen LogP contribution in [0.4, 0.5) is 0 Å². The van der Waals surface area contributed by atoms with Crippen molar-refractivity contribution < 1.29 is 0 Å². The largest absolute Gasteiger partial charge is 0.244 e. The van der Waals surface area contributed by atoms with E-state index in [1.807, 2.05) is 0 Å². The predicted octanol–water partition coefficient (Wildman–Crippen LogP) is 4.18. The van der Waals surface area contributed by atoms with Gasteiger partial charge in [-0.3, -0.25) is 0 Å². The van der Waals surface area contributed by atoms with Gasteiger partial charge in [-0.15, -0.1) is 11.3 Å². The second-order valence-corrected chi connectivity index (χ2v) is 4.99. The van der Waals surface area contributed by atoms with Crippen LogP contribution in [-0.4, -0.2) is 4.98 Å². The minimum Gasteiger partial charge on any atom is -0.244 e. The summed E-state index contributed by atoms with van der Waals surface area (Å²) >= 11 is 13.6. The summed E-state index contributed by atoms with van der Waals surface area (Å²) in [6, 6.07) is 7.42. The number of rotatable bonds is 2. The van der Waals surface area contributed by atoms with Crippen molar-refractivity contribution in [3.05, 3.63) is 39.3 Å². The van der Waals surface area contributed by atoms with Crippen molar-refractivity contribution in [1.29, 1.82) is 5.26 Å². The number of halogens is 2. The van der Waals surface area contributed by atoms with Crippen LogP contribution in [-0.2, 0) is 6.42 Å². The van der Waals surface area contributed by atoms with E-state index in [1.165, 1.54) is 11.3 Å². The Bertz CT molecular complexity index is 537. The van der Waals surface area contributed by atoms with Crippen LogP contribution in [0.2, 0.25) is 10.0 Å². The first kappa shape index (κ1) is 11.4. The summed E-state index contributed by atoms with van der Waals surface area (Å²) in [6.45, 7) is 0. The molecule has 16 heavy (non-hydrogen) atoms. The Labute approximate surface area is 107 Å². The van der Waals surface area contributed by atoms with Crippen molar-refractivity contribution >= 4 is 34.5 Å². The minimum absolute atomic E-state index is 0.361. The third-order valence-electron chi connectivity index (χ3n) is 1.98. The van der Waals surface area contributed by atoms with Gasteiger partial charge < -0.3 is 0 Å². The van der Waals surface area contributed by atoms with Gasteiger partial charge in [-0.05, 0) is 12.1 Å². The second-order valence-electron chi connectivity index (χ2n) is 3.06. The molecule has 0 N–H and O–H groups in total. The number of hydrogen-bond acceptors (Lipinski definition) is 3. The maximum absolute atomic E-state index is 8.59. The van der Waals surface area contributed by atoms with Crippen LogP contribution >= 0.6 is 34.5 Å². The third-order valence-corrected chi connectivity index (χ3v) is 3.63. The molecule has 2 aromatic rings.